The van der Waals surface area contributed by atoms with E-state index in [1.54, 1.807) is 72.8 Å². The number of nitrogens with one attached hydrogen (secondary N) is 3. The van der Waals surface area contributed by atoms with E-state index in [1.165, 1.54) is 0 Å². The Morgan fingerprint density at radius 2 is 1.53 bits per heavy atom. The van der Waals surface area contributed by atoms with Crippen molar-refractivity contribution in [3.8, 4) is 11.5 Å². The van der Waals surface area contributed by atoms with Crippen molar-refractivity contribution < 1.29 is 23.9 Å². The highest BCUT2D eigenvalue weighted by Crippen LogP contribution is 2.18. The van der Waals surface area contributed by atoms with Crippen LogP contribution in [0, 0.1) is 0 Å². The zero-order chi connectivity index (χ0) is 24.3. The topological polar surface area (TPSA) is 106 Å². The molecule has 3 rings (SSSR count). The average molecular weight is 482 g/mol. The van der Waals surface area contributed by atoms with Crippen molar-refractivity contribution in [1.82, 2.24) is 16.2 Å². The van der Waals surface area contributed by atoms with Crippen molar-refractivity contribution >= 4 is 29.3 Å². The van der Waals surface area contributed by atoms with Gasteiger partial charge in [-0.3, -0.25) is 25.2 Å². The minimum Gasteiger partial charge on any atom is -0.493 e. The number of amides is 3. The predicted molar refractivity (Wildman–Crippen MR) is 128 cm³/mol. The van der Waals surface area contributed by atoms with Gasteiger partial charge in [-0.1, -0.05) is 35.9 Å². The van der Waals surface area contributed by atoms with Crippen LogP contribution in [0.4, 0.5) is 0 Å². The summed E-state index contributed by atoms with van der Waals surface area (Å²) in [6, 6.07) is 20.5. The molecule has 0 atom stereocenters. The number of hydrogen-bond donors (Lipinski definition) is 3. The summed E-state index contributed by atoms with van der Waals surface area (Å²) in [5.41, 5.74) is 6.13. The van der Waals surface area contributed by atoms with Crippen LogP contribution in [-0.2, 0) is 11.4 Å². The summed E-state index contributed by atoms with van der Waals surface area (Å²) in [6.07, 6.45) is 0. The first-order chi connectivity index (χ1) is 16.5. The third-order valence-corrected chi connectivity index (χ3v) is 4.84. The number of hydrazine groups is 1. The molecular formula is C25H24ClN3O5. The first-order valence-electron chi connectivity index (χ1n) is 10.5. The Morgan fingerprint density at radius 1 is 0.824 bits per heavy atom. The Hall–Kier alpha value is -4.04. The van der Waals surface area contributed by atoms with Gasteiger partial charge < -0.3 is 14.8 Å². The molecule has 0 fully saturated rings. The van der Waals surface area contributed by atoms with Crippen molar-refractivity contribution in [1.29, 1.82) is 0 Å². The lowest BCUT2D eigenvalue weighted by Crippen LogP contribution is -2.46. The molecule has 34 heavy (non-hydrogen) atoms. The minimum atomic E-state index is -0.580. The zero-order valence-corrected chi connectivity index (χ0v) is 19.2. The summed E-state index contributed by atoms with van der Waals surface area (Å²) in [6.45, 7) is 2.23. The summed E-state index contributed by atoms with van der Waals surface area (Å²) in [7, 11) is 0. The molecule has 0 heterocycles. The SMILES string of the molecule is CCOc1ccccc1C(=O)NCC(=O)NNC(=O)c1ccc(COc2ccc(Cl)cc2)cc1. The van der Waals surface area contributed by atoms with Gasteiger partial charge in [0.2, 0.25) is 0 Å². The summed E-state index contributed by atoms with van der Waals surface area (Å²) in [5, 5.41) is 3.12. The van der Waals surface area contributed by atoms with E-state index in [2.05, 4.69) is 16.2 Å². The Kier molecular flexibility index (Phi) is 8.88. The largest absolute Gasteiger partial charge is 0.493 e. The van der Waals surface area contributed by atoms with Crippen molar-refractivity contribution in [3.63, 3.8) is 0 Å². The van der Waals surface area contributed by atoms with Crippen molar-refractivity contribution in [2.45, 2.75) is 13.5 Å². The van der Waals surface area contributed by atoms with Crippen LogP contribution in [0.15, 0.2) is 72.8 Å². The summed E-state index contributed by atoms with van der Waals surface area (Å²) in [4.78, 5) is 36.6. The van der Waals surface area contributed by atoms with Gasteiger partial charge in [-0.05, 0) is 61.0 Å². The lowest BCUT2D eigenvalue weighted by atomic mass is 10.1. The molecule has 0 aromatic heterocycles. The molecule has 0 bridgehead atoms. The Labute approximate surface area is 202 Å². The molecule has 3 aromatic carbocycles. The standard InChI is InChI=1S/C25H24ClN3O5/c1-2-33-22-6-4-3-5-21(22)25(32)27-15-23(30)28-29-24(31)18-9-7-17(8-10-18)16-34-20-13-11-19(26)12-14-20/h3-14H,2,15-16H2,1H3,(H,27,32)(H,28,30)(H,29,31). The monoisotopic (exact) mass is 481 g/mol. The fraction of sp³-hybridized carbons (Fsp3) is 0.160. The van der Waals surface area contributed by atoms with Gasteiger partial charge in [0.25, 0.3) is 17.7 Å². The first-order valence-corrected chi connectivity index (χ1v) is 10.9. The van der Waals surface area contributed by atoms with Crippen molar-refractivity contribution in [3.05, 3.63) is 94.5 Å². The second-order valence-corrected chi connectivity index (χ2v) is 7.49. The van der Waals surface area contributed by atoms with Gasteiger partial charge in [0, 0.05) is 10.6 Å². The van der Waals surface area contributed by atoms with E-state index in [0.717, 1.165) is 5.56 Å². The van der Waals surface area contributed by atoms with E-state index >= 15 is 0 Å². The van der Waals surface area contributed by atoms with Gasteiger partial charge >= 0.3 is 0 Å². The Morgan fingerprint density at radius 3 is 2.24 bits per heavy atom. The molecule has 0 spiro atoms. The molecule has 9 heteroatoms. The second-order valence-electron chi connectivity index (χ2n) is 7.05. The second kappa shape index (κ2) is 12.3. The minimum absolute atomic E-state index is 0.319. The molecular weight excluding hydrogens is 458 g/mol. The Balaban J connectivity index is 1.42. The van der Waals surface area contributed by atoms with Crippen LogP contribution in [0.2, 0.25) is 5.02 Å². The van der Waals surface area contributed by atoms with Crippen LogP contribution in [0.3, 0.4) is 0 Å². The van der Waals surface area contributed by atoms with Crippen LogP contribution >= 0.6 is 11.6 Å². The smallest absolute Gasteiger partial charge is 0.269 e. The highest BCUT2D eigenvalue weighted by atomic mass is 35.5. The molecule has 3 aromatic rings. The number of para-hydroxylation sites is 1. The number of halogens is 1. The van der Waals surface area contributed by atoms with Gasteiger partial charge in [0.05, 0.1) is 18.7 Å². The first kappa shape index (κ1) is 24.6. The normalized spacial score (nSPS) is 10.2. The molecule has 3 N–H and O–H groups in total. The Bertz CT molecular complexity index is 1130. The van der Waals surface area contributed by atoms with E-state index in [1.807, 2.05) is 6.92 Å². The number of hydrogen-bond acceptors (Lipinski definition) is 5. The number of ether oxygens (including phenoxy) is 2. The predicted octanol–water partition coefficient (Wildman–Crippen LogP) is 3.51. The third kappa shape index (κ3) is 7.25. The van der Waals surface area contributed by atoms with Crippen molar-refractivity contribution in [2.75, 3.05) is 13.2 Å². The third-order valence-electron chi connectivity index (χ3n) is 4.59. The summed E-state index contributed by atoms with van der Waals surface area (Å²) < 4.78 is 11.1. The highest BCUT2D eigenvalue weighted by Gasteiger charge is 2.13. The van der Waals surface area contributed by atoms with Gasteiger partial charge in [0.1, 0.15) is 18.1 Å². The number of carbonyl (C=O) groups is 3. The fourth-order valence-electron chi connectivity index (χ4n) is 2.88. The van der Waals surface area contributed by atoms with E-state index < -0.39 is 17.7 Å². The molecule has 0 radical (unpaired) electrons. The molecule has 0 saturated heterocycles. The zero-order valence-electron chi connectivity index (χ0n) is 18.5. The van der Waals surface area contributed by atoms with E-state index in [0.29, 0.717) is 40.9 Å². The molecule has 0 aliphatic rings. The maximum atomic E-state index is 12.3. The van der Waals surface area contributed by atoms with Crippen LogP contribution in [-0.4, -0.2) is 30.9 Å². The molecule has 0 aliphatic carbocycles. The fourth-order valence-corrected chi connectivity index (χ4v) is 3.01. The lowest BCUT2D eigenvalue weighted by molar-refractivity contribution is -0.120. The molecule has 0 unspecified atom stereocenters. The highest BCUT2D eigenvalue weighted by molar-refractivity contribution is 6.30. The molecule has 8 nitrogen and oxygen atoms in total. The number of rotatable bonds is 9. The van der Waals surface area contributed by atoms with Gasteiger partial charge in [-0.25, -0.2) is 0 Å². The maximum absolute atomic E-state index is 12.3. The molecule has 176 valence electrons. The van der Waals surface area contributed by atoms with E-state index in [-0.39, 0.29) is 6.54 Å². The molecule has 0 saturated carbocycles. The van der Waals surface area contributed by atoms with E-state index in [4.69, 9.17) is 21.1 Å². The summed E-state index contributed by atoms with van der Waals surface area (Å²) >= 11 is 5.85. The van der Waals surface area contributed by atoms with E-state index in [9.17, 15) is 14.4 Å². The van der Waals surface area contributed by atoms with Gasteiger partial charge in [0.15, 0.2) is 0 Å². The quantitative estimate of drug-likeness (QED) is 0.405. The van der Waals surface area contributed by atoms with Crippen molar-refractivity contribution in [2.24, 2.45) is 0 Å². The van der Waals surface area contributed by atoms with Crippen LogP contribution in [0.5, 0.6) is 11.5 Å². The summed E-state index contributed by atoms with van der Waals surface area (Å²) in [5.74, 6) is -0.419. The lowest BCUT2D eigenvalue weighted by Gasteiger charge is -2.11. The van der Waals surface area contributed by atoms with Crippen LogP contribution in [0.1, 0.15) is 33.2 Å². The number of carbonyl (C=O) groups excluding carboxylic acids is 3. The molecule has 0 aliphatic heterocycles. The molecule has 3 amide bonds. The van der Waals surface area contributed by atoms with Crippen LogP contribution in [0.25, 0.3) is 0 Å². The average Bonchev–Trinajstić information content (AvgIpc) is 2.86. The number of benzene rings is 3. The van der Waals surface area contributed by atoms with Gasteiger partial charge in [-0.15, -0.1) is 0 Å². The maximum Gasteiger partial charge on any atom is 0.269 e. The van der Waals surface area contributed by atoms with Crippen LogP contribution < -0.4 is 25.6 Å². The van der Waals surface area contributed by atoms with Gasteiger partial charge in [-0.2, -0.15) is 0 Å².